The van der Waals surface area contributed by atoms with E-state index in [4.69, 9.17) is 0 Å². The lowest BCUT2D eigenvalue weighted by molar-refractivity contribution is 0.770. The second-order valence-electron chi connectivity index (χ2n) is 14.8. The lowest BCUT2D eigenvalue weighted by Gasteiger charge is -2.33. The molecule has 1 nitrogen and oxygen atoms in total. The average molecular weight is 744 g/mol. The summed E-state index contributed by atoms with van der Waals surface area (Å²) in [5.74, 6) is 0. The molecule has 0 saturated carbocycles. The molecule has 0 amide bonds. The standard InChI is InChI=1S/C55H37NS/c1-4-16-38(17-5-1)40-30-33-44(34-31-40)56(45-23-14-20-41(36-45)39-18-6-2-7-19-39)52-29-15-26-49-48-35-32-43(37-53(48)57-54(49)52)55(42-21-8-3-9-22-42)50-27-12-10-24-46(50)47-25-11-13-28-51(47)55/h1-37H. The van der Waals surface area contributed by atoms with Gasteiger partial charge in [-0.1, -0.05) is 188 Å². The molecule has 2 heteroatoms. The molecule has 0 bridgehead atoms. The Hall–Kier alpha value is -7.00. The van der Waals surface area contributed by atoms with Crippen LogP contribution in [0.15, 0.2) is 224 Å². The van der Waals surface area contributed by atoms with Crippen molar-refractivity contribution >= 4 is 48.6 Å². The molecule has 1 heterocycles. The van der Waals surface area contributed by atoms with Crippen molar-refractivity contribution in [3.63, 3.8) is 0 Å². The fraction of sp³-hybridized carbons (Fsp3) is 0.0182. The van der Waals surface area contributed by atoms with Crippen LogP contribution in [0.1, 0.15) is 22.3 Å². The fourth-order valence-corrected chi connectivity index (χ4v) is 10.5. The highest BCUT2D eigenvalue weighted by molar-refractivity contribution is 7.26. The van der Waals surface area contributed by atoms with E-state index in [1.165, 1.54) is 81.5 Å². The maximum absolute atomic E-state index is 2.48. The number of hydrogen-bond donors (Lipinski definition) is 0. The van der Waals surface area contributed by atoms with Gasteiger partial charge in [-0.3, -0.25) is 0 Å². The van der Waals surface area contributed by atoms with Crippen LogP contribution < -0.4 is 4.90 Å². The van der Waals surface area contributed by atoms with Gasteiger partial charge in [0.15, 0.2) is 0 Å². The normalized spacial score (nSPS) is 12.7. The topological polar surface area (TPSA) is 3.24 Å². The minimum absolute atomic E-state index is 0.438. The summed E-state index contributed by atoms with van der Waals surface area (Å²) >= 11 is 1.89. The van der Waals surface area contributed by atoms with Crippen LogP contribution in [-0.2, 0) is 5.41 Å². The molecule has 0 spiro atoms. The number of hydrogen-bond acceptors (Lipinski definition) is 2. The summed E-state index contributed by atoms with van der Waals surface area (Å²) in [6.45, 7) is 0. The molecular formula is C55H37NS. The highest BCUT2D eigenvalue weighted by atomic mass is 32.1. The number of benzene rings is 9. The van der Waals surface area contributed by atoms with Gasteiger partial charge in [-0.15, -0.1) is 11.3 Å². The molecular weight excluding hydrogens is 707 g/mol. The lowest BCUT2D eigenvalue weighted by Crippen LogP contribution is -2.28. The maximum Gasteiger partial charge on any atom is 0.0714 e. The van der Waals surface area contributed by atoms with Crippen molar-refractivity contribution in [3.8, 4) is 33.4 Å². The SMILES string of the molecule is c1ccc(-c2ccc(N(c3cccc(-c4ccccc4)c3)c3cccc4c3sc3cc(C5(c6ccccc6)c6ccccc6-c6ccccc65)ccc34)cc2)cc1. The van der Waals surface area contributed by atoms with E-state index in [-0.39, 0.29) is 0 Å². The Morgan fingerprint density at radius 2 is 0.912 bits per heavy atom. The molecule has 268 valence electrons. The monoisotopic (exact) mass is 743 g/mol. The minimum Gasteiger partial charge on any atom is -0.309 e. The van der Waals surface area contributed by atoms with E-state index in [1.807, 2.05) is 11.3 Å². The Labute approximate surface area is 337 Å². The number of fused-ring (bicyclic) bond motifs is 6. The first-order chi connectivity index (χ1) is 28.3. The molecule has 0 saturated heterocycles. The summed E-state index contributed by atoms with van der Waals surface area (Å²) in [5, 5.41) is 2.55. The summed E-state index contributed by atoms with van der Waals surface area (Å²) < 4.78 is 2.55. The van der Waals surface area contributed by atoms with Gasteiger partial charge in [0.25, 0.3) is 0 Å². The van der Waals surface area contributed by atoms with Crippen molar-refractivity contribution in [1.82, 2.24) is 0 Å². The largest absolute Gasteiger partial charge is 0.309 e. The van der Waals surface area contributed by atoms with E-state index in [2.05, 4.69) is 229 Å². The number of thiophene rings is 1. The van der Waals surface area contributed by atoms with Gasteiger partial charge < -0.3 is 4.90 Å². The fourth-order valence-electron chi connectivity index (χ4n) is 9.22. The molecule has 1 aromatic heterocycles. The highest BCUT2D eigenvalue weighted by Gasteiger charge is 2.46. The van der Waals surface area contributed by atoms with E-state index in [1.54, 1.807) is 0 Å². The predicted molar refractivity (Wildman–Crippen MR) is 242 cm³/mol. The van der Waals surface area contributed by atoms with Crippen molar-refractivity contribution < 1.29 is 0 Å². The molecule has 11 rings (SSSR count). The zero-order chi connectivity index (χ0) is 37.8. The molecule has 10 aromatic rings. The van der Waals surface area contributed by atoms with Gasteiger partial charge in [0.1, 0.15) is 0 Å². The second-order valence-corrected chi connectivity index (χ2v) is 15.9. The number of rotatable bonds is 7. The number of anilines is 3. The van der Waals surface area contributed by atoms with E-state index in [0.29, 0.717) is 0 Å². The van der Waals surface area contributed by atoms with E-state index in [0.717, 1.165) is 11.4 Å². The van der Waals surface area contributed by atoms with Crippen LogP contribution in [-0.4, -0.2) is 0 Å². The summed E-state index contributed by atoms with van der Waals surface area (Å²) in [6, 6.07) is 82.4. The van der Waals surface area contributed by atoms with Crippen LogP contribution >= 0.6 is 11.3 Å². The Morgan fingerprint density at radius 1 is 0.351 bits per heavy atom. The quantitative estimate of drug-likeness (QED) is 0.157. The Kier molecular flexibility index (Phi) is 7.98. The molecule has 1 aliphatic carbocycles. The second kappa shape index (κ2) is 13.6. The first-order valence-corrected chi connectivity index (χ1v) is 20.4. The van der Waals surface area contributed by atoms with Gasteiger partial charge in [-0.05, 0) is 92.0 Å². The van der Waals surface area contributed by atoms with Crippen LogP contribution in [0.4, 0.5) is 17.1 Å². The van der Waals surface area contributed by atoms with Crippen LogP contribution in [0.3, 0.4) is 0 Å². The van der Waals surface area contributed by atoms with Crippen LogP contribution in [0.25, 0.3) is 53.6 Å². The maximum atomic E-state index is 2.48. The average Bonchev–Trinajstić information content (AvgIpc) is 3.82. The Balaban J connectivity index is 1.12. The smallest absolute Gasteiger partial charge is 0.0714 e. The third-order valence-electron chi connectivity index (χ3n) is 11.8. The van der Waals surface area contributed by atoms with Crippen LogP contribution in [0, 0.1) is 0 Å². The van der Waals surface area contributed by atoms with E-state index >= 15 is 0 Å². The molecule has 1 aliphatic rings. The summed E-state index contributed by atoms with van der Waals surface area (Å²) in [7, 11) is 0. The molecule has 9 aromatic carbocycles. The minimum atomic E-state index is -0.438. The number of nitrogens with zero attached hydrogens (tertiary/aromatic N) is 1. The molecule has 0 aliphatic heterocycles. The van der Waals surface area contributed by atoms with Gasteiger partial charge in [0, 0.05) is 26.8 Å². The Morgan fingerprint density at radius 3 is 1.60 bits per heavy atom. The predicted octanol–water partition coefficient (Wildman–Crippen LogP) is 15.2. The summed E-state index contributed by atoms with van der Waals surface area (Å²) in [5.41, 5.74) is 15.6. The summed E-state index contributed by atoms with van der Waals surface area (Å²) in [4.78, 5) is 2.44. The van der Waals surface area contributed by atoms with Crippen molar-refractivity contribution in [2.75, 3.05) is 4.90 Å². The zero-order valence-corrected chi connectivity index (χ0v) is 32.0. The van der Waals surface area contributed by atoms with Crippen molar-refractivity contribution in [1.29, 1.82) is 0 Å². The highest BCUT2D eigenvalue weighted by Crippen LogP contribution is 2.57. The van der Waals surface area contributed by atoms with Crippen LogP contribution in [0.2, 0.25) is 0 Å². The molecule has 0 N–H and O–H groups in total. The molecule has 0 unspecified atom stereocenters. The first-order valence-electron chi connectivity index (χ1n) is 19.6. The molecule has 0 fully saturated rings. The zero-order valence-electron chi connectivity index (χ0n) is 31.2. The van der Waals surface area contributed by atoms with Crippen LogP contribution in [0.5, 0.6) is 0 Å². The first kappa shape index (κ1) is 33.3. The van der Waals surface area contributed by atoms with Gasteiger partial charge in [0.05, 0.1) is 15.8 Å². The summed E-state index contributed by atoms with van der Waals surface area (Å²) in [6.07, 6.45) is 0. The molecule has 0 atom stereocenters. The molecule has 57 heavy (non-hydrogen) atoms. The molecule has 0 radical (unpaired) electrons. The van der Waals surface area contributed by atoms with Gasteiger partial charge >= 0.3 is 0 Å². The van der Waals surface area contributed by atoms with Crippen molar-refractivity contribution in [3.05, 3.63) is 247 Å². The van der Waals surface area contributed by atoms with E-state index < -0.39 is 5.41 Å². The van der Waals surface area contributed by atoms with Gasteiger partial charge in [-0.2, -0.15) is 0 Å². The third-order valence-corrected chi connectivity index (χ3v) is 12.9. The van der Waals surface area contributed by atoms with Crippen molar-refractivity contribution in [2.45, 2.75) is 5.41 Å². The Bertz CT molecular complexity index is 3010. The third kappa shape index (κ3) is 5.37. The lowest BCUT2D eigenvalue weighted by atomic mass is 9.67. The van der Waals surface area contributed by atoms with Gasteiger partial charge in [0.2, 0.25) is 0 Å². The van der Waals surface area contributed by atoms with Crippen molar-refractivity contribution in [2.24, 2.45) is 0 Å². The van der Waals surface area contributed by atoms with E-state index in [9.17, 15) is 0 Å². The van der Waals surface area contributed by atoms with Gasteiger partial charge in [-0.25, -0.2) is 0 Å².